The van der Waals surface area contributed by atoms with Crippen molar-refractivity contribution in [2.24, 2.45) is 0 Å². The summed E-state index contributed by atoms with van der Waals surface area (Å²) in [6, 6.07) is 5.34. The average molecular weight is 358 g/mol. The minimum absolute atomic E-state index is 0.00203. The van der Waals surface area contributed by atoms with Crippen LogP contribution in [0.3, 0.4) is 0 Å². The lowest BCUT2D eigenvalue weighted by molar-refractivity contribution is -0.389. The maximum atomic E-state index is 12.3. The van der Waals surface area contributed by atoms with Crippen molar-refractivity contribution < 1.29 is 9.72 Å². The molecule has 1 amide bonds. The molecule has 2 aliphatic heterocycles. The first-order valence-electron chi connectivity index (χ1n) is 9.00. The molecule has 0 saturated carbocycles. The number of carbonyl (C=O) groups excluding carboxylic acids is 1. The number of anilines is 1. The number of hydrogen-bond acceptors (Lipinski definition) is 6. The Bertz CT molecular complexity index is 821. The van der Waals surface area contributed by atoms with E-state index in [9.17, 15) is 14.9 Å². The van der Waals surface area contributed by atoms with E-state index < -0.39 is 0 Å². The summed E-state index contributed by atoms with van der Waals surface area (Å²) in [6.07, 6.45) is 3.85. The van der Waals surface area contributed by atoms with E-state index in [1.165, 1.54) is 4.40 Å². The third-order valence-electron chi connectivity index (χ3n) is 5.15. The van der Waals surface area contributed by atoms with Crippen LogP contribution in [0.2, 0.25) is 0 Å². The summed E-state index contributed by atoms with van der Waals surface area (Å²) in [5.41, 5.74) is 0.570. The summed E-state index contributed by atoms with van der Waals surface area (Å²) >= 11 is 0. The van der Waals surface area contributed by atoms with Gasteiger partial charge in [0.1, 0.15) is 0 Å². The number of amides is 1. The lowest BCUT2D eigenvalue weighted by Gasteiger charge is -2.34. The molecule has 4 rings (SSSR count). The van der Waals surface area contributed by atoms with Crippen molar-refractivity contribution in [3.63, 3.8) is 0 Å². The Balaban J connectivity index is 1.45. The van der Waals surface area contributed by atoms with Crippen LogP contribution in [-0.4, -0.2) is 75.8 Å². The van der Waals surface area contributed by atoms with Crippen LogP contribution in [0.15, 0.2) is 24.4 Å². The van der Waals surface area contributed by atoms with Gasteiger partial charge in [-0.2, -0.15) is 9.38 Å². The van der Waals surface area contributed by atoms with Crippen molar-refractivity contribution in [3.05, 3.63) is 34.5 Å². The van der Waals surface area contributed by atoms with Gasteiger partial charge in [-0.25, -0.2) is 0 Å². The standard InChI is InChI=1S/C17H22N6O3/c24-15(20-6-3-4-7-20)13-19-9-11-21(12-10-19)16-17(23(25)26)22-8-2-1-5-14(22)18-16/h1-2,5,8H,3-4,6-7,9-13H2. The molecule has 9 nitrogen and oxygen atoms in total. The smallest absolute Gasteiger partial charge is 0.358 e. The fourth-order valence-electron chi connectivity index (χ4n) is 3.73. The van der Waals surface area contributed by atoms with Crippen molar-refractivity contribution in [3.8, 4) is 0 Å². The summed E-state index contributed by atoms with van der Waals surface area (Å²) in [6.45, 7) is 4.81. The molecule has 0 bridgehead atoms. The van der Waals surface area contributed by atoms with Crippen molar-refractivity contribution in [1.82, 2.24) is 19.2 Å². The van der Waals surface area contributed by atoms with Crippen molar-refractivity contribution in [2.75, 3.05) is 50.7 Å². The quantitative estimate of drug-likeness (QED) is 0.598. The van der Waals surface area contributed by atoms with Gasteiger partial charge in [-0.15, -0.1) is 0 Å². The van der Waals surface area contributed by atoms with Gasteiger partial charge in [0, 0.05) is 45.3 Å². The van der Waals surface area contributed by atoms with E-state index in [2.05, 4.69) is 9.88 Å². The second-order valence-electron chi connectivity index (χ2n) is 6.80. The van der Waals surface area contributed by atoms with Crippen molar-refractivity contribution >= 4 is 23.2 Å². The van der Waals surface area contributed by atoms with Crippen LogP contribution in [0.25, 0.3) is 5.65 Å². The predicted molar refractivity (Wildman–Crippen MR) is 96.3 cm³/mol. The molecule has 0 unspecified atom stereocenters. The molecular weight excluding hydrogens is 336 g/mol. The van der Waals surface area contributed by atoms with E-state index in [1.807, 2.05) is 15.9 Å². The number of rotatable bonds is 4. The maximum absolute atomic E-state index is 12.3. The van der Waals surface area contributed by atoms with Crippen LogP contribution in [-0.2, 0) is 4.79 Å². The molecule has 138 valence electrons. The monoisotopic (exact) mass is 358 g/mol. The molecule has 0 N–H and O–H groups in total. The average Bonchev–Trinajstić information content (AvgIpc) is 3.30. The van der Waals surface area contributed by atoms with Gasteiger partial charge in [0.05, 0.1) is 12.7 Å². The van der Waals surface area contributed by atoms with E-state index in [0.717, 1.165) is 25.9 Å². The zero-order valence-electron chi connectivity index (χ0n) is 14.6. The Morgan fingerprint density at radius 2 is 1.85 bits per heavy atom. The molecule has 2 aromatic heterocycles. The normalized spacial score (nSPS) is 18.6. The van der Waals surface area contributed by atoms with E-state index >= 15 is 0 Å². The van der Waals surface area contributed by atoms with E-state index in [1.54, 1.807) is 18.3 Å². The molecule has 4 heterocycles. The fraction of sp³-hybridized carbons (Fsp3) is 0.529. The highest BCUT2D eigenvalue weighted by Crippen LogP contribution is 2.29. The number of piperazine rings is 1. The molecule has 2 fully saturated rings. The Morgan fingerprint density at radius 3 is 2.54 bits per heavy atom. The highest BCUT2D eigenvalue weighted by atomic mass is 16.6. The maximum Gasteiger partial charge on any atom is 0.372 e. The number of hydrogen-bond donors (Lipinski definition) is 0. The van der Waals surface area contributed by atoms with E-state index in [0.29, 0.717) is 44.2 Å². The Hall–Kier alpha value is -2.68. The molecule has 26 heavy (non-hydrogen) atoms. The van der Waals surface area contributed by atoms with E-state index in [-0.39, 0.29) is 16.6 Å². The Morgan fingerprint density at radius 1 is 1.12 bits per heavy atom. The van der Waals surface area contributed by atoms with Gasteiger partial charge in [0.2, 0.25) is 17.4 Å². The fourth-order valence-corrected chi connectivity index (χ4v) is 3.73. The van der Waals surface area contributed by atoms with Crippen molar-refractivity contribution in [2.45, 2.75) is 12.8 Å². The van der Waals surface area contributed by atoms with Gasteiger partial charge in [0.25, 0.3) is 0 Å². The number of nitro groups is 1. The third kappa shape index (κ3) is 3.10. The lowest BCUT2D eigenvalue weighted by Crippen LogP contribution is -2.50. The number of aromatic nitrogens is 2. The molecule has 2 saturated heterocycles. The van der Waals surface area contributed by atoms with Gasteiger partial charge < -0.3 is 19.9 Å². The van der Waals surface area contributed by atoms with Gasteiger partial charge in [-0.1, -0.05) is 6.07 Å². The largest absolute Gasteiger partial charge is 0.372 e. The third-order valence-corrected chi connectivity index (χ3v) is 5.15. The van der Waals surface area contributed by atoms with Crippen LogP contribution < -0.4 is 4.90 Å². The summed E-state index contributed by atoms with van der Waals surface area (Å²) < 4.78 is 1.51. The van der Waals surface area contributed by atoms with Crippen LogP contribution in [0, 0.1) is 10.1 Å². The highest BCUT2D eigenvalue weighted by molar-refractivity contribution is 5.78. The molecule has 2 aromatic rings. The lowest BCUT2D eigenvalue weighted by atomic mass is 10.3. The van der Waals surface area contributed by atoms with Crippen LogP contribution in [0.1, 0.15) is 12.8 Å². The van der Waals surface area contributed by atoms with E-state index in [4.69, 9.17) is 0 Å². The minimum atomic E-state index is -0.376. The summed E-state index contributed by atoms with van der Waals surface area (Å²) in [5.74, 6) is 0.601. The van der Waals surface area contributed by atoms with Gasteiger partial charge in [-0.05, 0) is 23.8 Å². The van der Waals surface area contributed by atoms with Crippen LogP contribution in [0.4, 0.5) is 11.6 Å². The van der Waals surface area contributed by atoms with Crippen molar-refractivity contribution in [1.29, 1.82) is 0 Å². The molecule has 2 aliphatic rings. The molecular formula is C17H22N6O3. The molecule has 9 heteroatoms. The SMILES string of the molecule is O=C(CN1CCN(c2nc3ccccn3c2[N+](=O)[O-])CC1)N1CCCC1. The molecule has 0 spiro atoms. The first-order valence-corrected chi connectivity index (χ1v) is 9.00. The number of pyridine rings is 1. The number of nitrogens with zero attached hydrogens (tertiary/aromatic N) is 6. The predicted octanol–water partition coefficient (Wildman–Crippen LogP) is 0.987. The van der Waals surface area contributed by atoms with Gasteiger partial charge >= 0.3 is 5.82 Å². The Labute approximate surface area is 151 Å². The molecule has 0 atom stereocenters. The first-order chi connectivity index (χ1) is 12.6. The number of imidazole rings is 1. The van der Waals surface area contributed by atoms with Crippen LogP contribution in [0.5, 0.6) is 0 Å². The zero-order valence-corrected chi connectivity index (χ0v) is 14.6. The number of fused-ring (bicyclic) bond motifs is 1. The Kier molecular flexibility index (Phi) is 4.46. The molecule has 0 aromatic carbocycles. The second-order valence-corrected chi connectivity index (χ2v) is 6.80. The van der Waals surface area contributed by atoms with Crippen LogP contribution >= 0.6 is 0 Å². The highest BCUT2D eigenvalue weighted by Gasteiger charge is 2.30. The van der Waals surface area contributed by atoms with Gasteiger partial charge in [0.15, 0.2) is 0 Å². The zero-order chi connectivity index (χ0) is 18.1. The summed E-state index contributed by atoms with van der Waals surface area (Å²) in [7, 11) is 0. The second kappa shape index (κ2) is 6.91. The van der Waals surface area contributed by atoms with Gasteiger partial charge in [-0.3, -0.25) is 9.69 Å². The molecule has 0 radical (unpaired) electrons. The summed E-state index contributed by atoms with van der Waals surface area (Å²) in [5, 5.41) is 11.6. The minimum Gasteiger partial charge on any atom is -0.358 e. The number of likely N-dealkylation sites (tertiary alicyclic amines) is 1. The first kappa shape index (κ1) is 16.8. The molecule has 0 aliphatic carbocycles. The topological polar surface area (TPSA) is 87.2 Å². The number of carbonyl (C=O) groups is 1. The summed E-state index contributed by atoms with van der Waals surface area (Å²) in [4.78, 5) is 33.9.